The van der Waals surface area contributed by atoms with Crippen molar-refractivity contribution in [3.8, 4) is 0 Å². The first-order valence-corrected chi connectivity index (χ1v) is 8.18. The monoisotopic (exact) mass is 291 g/mol. The molecule has 4 heteroatoms. The number of hydrogen-bond acceptors (Lipinski definition) is 3. The van der Waals surface area contributed by atoms with Crippen LogP contribution in [0.4, 0.5) is 10.1 Å². The molecule has 2 fully saturated rings. The van der Waals surface area contributed by atoms with E-state index >= 15 is 0 Å². The molecule has 0 amide bonds. The zero-order chi connectivity index (χ0) is 14.7. The van der Waals surface area contributed by atoms with Gasteiger partial charge in [0.05, 0.1) is 0 Å². The molecule has 1 aliphatic carbocycles. The summed E-state index contributed by atoms with van der Waals surface area (Å²) < 4.78 is 13.0. The quantitative estimate of drug-likeness (QED) is 0.923. The van der Waals surface area contributed by atoms with Crippen molar-refractivity contribution in [2.45, 2.75) is 37.8 Å². The molecule has 0 unspecified atom stereocenters. The van der Waals surface area contributed by atoms with Gasteiger partial charge in [0.1, 0.15) is 5.82 Å². The second kappa shape index (κ2) is 6.75. The summed E-state index contributed by atoms with van der Waals surface area (Å²) in [5.74, 6) is -0.154. The van der Waals surface area contributed by atoms with Gasteiger partial charge in [0, 0.05) is 44.0 Å². The lowest BCUT2D eigenvalue weighted by Gasteiger charge is -2.42. The highest BCUT2D eigenvalue weighted by atomic mass is 19.1. The first kappa shape index (κ1) is 14.8. The average molecular weight is 291 g/mol. The van der Waals surface area contributed by atoms with Gasteiger partial charge >= 0.3 is 0 Å². The highest BCUT2D eigenvalue weighted by Crippen LogP contribution is 2.25. The summed E-state index contributed by atoms with van der Waals surface area (Å²) in [5, 5.41) is 3.40. The van der Waals surface area contributed by atoms with Gasteiger partial charge in [-0.1, -0.05) is 0 Å². The smallest absolute Gasteiger partial charge is 0.123 e. The number of hydrogen-bond donors (Lipinski definition) is 1. The number of halogens is 1. The van der Waals surface area contributed by atoms with E-state index in [4.69, 9.17) is 0 Å². The van der Waals surface area contributed by atoms with E-state index in [0.717, 1.165) is 44.0 Å². The third-order valence-corrected chi connectivity index (χ3v) is 5.13. The standard InChI is InChI=1S/C17H26FN3/c1-19-15-4-8-17(9-5-15)21-12-10-20(11-13-21)16-6-2-14(18)3-7-16/h2-3,6-7,15,17,19H,4-5,8-13H2,1H3. The predicted molar refractivity (Wildman–Crippen MR) is 85.3 cm³/mol. The molecule has 3 nitrogen and oxygen atoms in total. The predicted octanol–water partition coefficient (Wildman–Crippen LogP) is 2.48. The van der Waals surface area contributed by atoms with Gasteiger partial charge in [-0.05, 0) is 57.0 Å². The van der Waals surface area contributed by atoms with E-state index in [-0.39, 0.29) is 5.82 Å². The van der Waals surface area contributed by atoms with Crippen molar-refractivity contribution in [1.82, 2.24) is 10.2 Å². The zero-order valence-corrected chi connectivity index (χ0v) is 12.9. The molecule has 116 valence electrons. The van der Waals surface area contributed by atoms with Gasteiger partial charge in [-0.25, -0.2) is 4.39 Å². The Hall–Kier alpha value is -1.13. The summed E-state index contributed by atoms with van der Waals surface area (Å²) in [6.45, 7) is 4.37. The van der Waals surface area contributed by atoms with E-state index in [9.17, 15) is 4.39 Å². The summed E-state index contributed by atoms with van der Waals surface area (Å²) in [6, 6.07) is 8.39. The molecule has 3 rings (SSSR count). The summed E-state index contributed by atoms with van der Waals surface area (Å²) in [6.07, 6.45) is 5.25. The summed E-state index contributed by atoms with van der Waals surface area (Å²) >= 11 is 0. The van der Waals surface area contributed by atoms with Gasteiger partial charge in [-0.15, -0.1) is 0 Å². The van der Waals surface area contributed by atoms with Gasteiger partial charge in [0.25, 0.3) is 0 Å². The van der Waals surface area contributed by atoms with Crippen molar-refractivity contribution < 1.29 is 4.39 Å². The van der Waals surface area contributed by atoms with E-state index < -0.39 is 0 Å². The average Bonchev–Trinajstić information content (AvgIpc) is 2.56. The molecule has 0 spiro atoms. The lowest BCUT2D eigenvalue weighted by Crippen LogP contribution is -2.52. The highest BCUT2D eigenvalue weighted by molar-refractivity contribution is 5.46. The van der Waals surface area contributed by atoms with Crippen LogP contribution in [-0.2, 0) is 0 Å². The minimum atomic E-state index is -0.154. The van der Waals surface area contributed by atoms with E-state index in [2.05, 4.69) is 22.2 Å². The Morgan fingerprint density at radius 3 is 2.14 bits per heavy atom. The van der Waals surface area contributed by atoms with Crippen molar-refractivity contribution in [2.24, 2.45) is 0 Å². The van der Waals surface area contributed by atoms with E-state index in [1.54, 1.807) is 12.1 Å². The van der Waals surface area contributed by atoms with Gasteiger partial charge in [-0.3, -0.25) is 4.90 Å². The van der Waals surface area contributed by atoms with E-state index in [1.807, 2.05) is 12.1 Å². The Labute approximate surface area is 127 Å². The molecule has 1 aliphatic heterocycles. The fourth-order valence-corrected chi connectivity index (χ4v) is 3.73. The van der Waals surface area contributed by atoms with Crippen LogP contribution in [0.15, 0.2) is 24.3 Å². The van der Waals surface area contributed by atoms with Crippen LogP contribution in [0.1, 0.15) is 25.7 Å². The van der Waals surface area contributed by atoms with E-state index in [0.29, 0.717) is 0 Å². The fourth-order valence-electron chi connectivity index (χ4n) is 3.73. The third-order valence-electron chi connectivity index (χ3n) is 5.13. The fraction of sp³-hybridized carbons (Fsp3) is 0.647. The summed E-state index contributed by atoms with van der Waals surface area (Å²) in [5.41, 5.74) is 1.15. The zero-order valence-electron chi connectivity index (χ0n) is 12.9. The van der Waals surface area contributed by atoms with Crippen LogP contribution in [-0.4, -0.2) is 50.2 Å². The number of rotatable bonds is 3. The molecule has 1 aromatic carbocycles. The van der Waals surface area contributed by atoms with Crippen molar-refractivity contribution in [1.29, 1.82) is 0 Å². The third kappa shape index (κ3) is 3.55. The molecule has 0 atom stereocenters. The number of piperazine rings is 1. The number of nitrogens with zero attached hydrogens (tertiary/aromatic N) is 2. The summed E-state index contributed by atoms with van der Waals surface area (Å²) in [4.78, 5) is 5.03. The Balaban J connectivity index is 1.50. The largest absolute Gasteiger partial charge is 0.369 e. The second-order valence-electron chi connectivity index (χ2n) is 6.29. The van der Waals surface area contributed by atoms with Crippen molar-refractivity contribution in [2.75, 3.05) is 38.1 Å². The number of nitrogens with one attached hydrogen (secondary N) is 1. The first-order chi connectivity index (χ1) is 10.3. The van der Waals surface area contributed by atoms with Crippen LogP contribution in [0.25, 0.3) is 0 Å². The molecule has 1 heterocycles. The Morgan fingerprint density at radius 2 is 1.57 bits per heavy atom. The van der Waals surface area contributed by atoms with Crippen LogP contribution < -0.4 is 10.2 Å². The molecule has 0 radical (unpaired) electrons. The topological polar surface area (TPSA) is 18.5 Å². The molecular weight excluding hydrogens is 265 g/mol. The van der Waals surface area contributed by atoms with Crippen molar-refractivity contribution in [3.63, 3.8) is 0 Å². The molecule has 1 saturated carbocycles. The Kier molecular flexibility index (Phi) is 4.76. The second-order valence-corrected chi connectivity index (χ2v) is 6.29. The van der Waals surface area contributed by atoms with Crippen LogP contribution in [0.2, 0.25) is 0 Å². The molecular formula is C17H26FN3. The molecule has 21 heavy (non-hydrogen) atoms. The Bertz CT molecular complexity index is 432. The maximum absolute atomic E-state index is 13.0. The van der Waals surface area contributed by atoms with Gasteiger partial charge in [0.15, 0.2) is 0 Å². The Morgan fingerprint density at radius 1 is 0.952 bits per heavy atom. The molecule has 1 N–H and O–H groups in total. The molecule has 2 aliphatic rings. The van der Waals surface area contributed by atoms with Crippen LogP contribution in [0, 0.1) is 5.82 Å². The lowest BCUT2D eigenvalue weighted by atomic mass is 9.90. The molecule has 1 saturated heterocycles. The minimum Gasteiger partial charge on any atom is -0.369 e. The SMILES string of the molecule is CNC1CCC(N2CCN(c3ccc(F)cc3)CC2)CC1. The maximum atomic E-state index is 13.0. The van der Waals surface area contributed by atoms with Crippen molar-refractivity contribution >= 4 is 5.69 Å². The normalized spacial score (nSPS) is 27.8. The number of benzene rings is 1. The molecule has 0 aromatic heterocycles. The molecule has 1 aromatic rings. The van der Waals surface area contributed by atoms with Gasteiger partial charge < -0.3 is 10.2 Å². The first-order valence-electron chi connectivity index (χ1n) is 8.18. The van der Waals surface area contributed by atoms with Crippen LogP contribution in [0.5, 0.6) is 0 Å². The maximum Gasteiger partial charge on any atom is 0.123 e. The van der Waals surface area contributed by atoms with Crippen LogP contribution in [0.3, 0.4) is 0 Å². The summed E-state index contributed by atoms with van der Waals surface area (Å²) in [7, 11) is 2.08. The highest BCUT2D eigenvalue weighted by Gasteiger charge is 2.27. The van der Waals surface area contributed by atoms with E-state index in [1.165, 1.54) is 25.7 Å². The van der Waals surface area contributed by atoms with Crippen molar-refractivity contribution in [3.05, 3.63) is 30.1 Å². The van der Waals surface area contributed by atoms with Crippen LogP contribution >= 0.6 is 0 Å². The lowest BCUT2D eigenvalue weighted by molar-refractivity contribution is 0.137. The number of anilines is 1. The van der Waals surface area contributed by atoms with Gasteiger partial charge in [-0.2, -0.15) is 0 Å². The molecule has 0 bridgehead atoms. The minimum absolute atomic E-state index is 0.154. The van der Waals surface area contributed by atoms with Gasteiger partial charge in [0.2, 0.25) is 0 Å².